The summed E-state index contributed by atoms with van der Waals surface area (Å²) in [7, 11) is 0. The summed E-state index contributed by atoms with van der Waals surface area (Å²) >= 11 is -1.83. The van der Waals surface area contributed by atoms with E-state index in [2.05, 4.69) is 80.6 Å². The van der Waals surface area contributed by atoms with Crippen LogP contribution in [0.2, 0.25) is 3.63 Å². The Morgan fingerprint density at radius 2 is 1.64 bits per heavy atom. The van der Waals surface area contributed by atoms with E-state index >= 15 is 0 Å². The number of allylic oxidation sites excluding steroid dienone is 4. The second-order valence-electron chi connectivity index (χ2n) is 6.37. The van der Waals surface area contributed by atoms with Crippen LogP contribution in [0.1, 0.15) is 25.0 Å². The molecule has 0 nitrogen and oxygen atoms in total. The van der Waals surface area contributed by atoms with E-state index in [1.165, 1.54) is 16.7 Å². The molecule has 0 saturated heterocycles. The molecule has 0 N–H and O–H groups in total. The molecule has 0 heterocycles. The van der Waals surface area contributed by atoms with E-state index in [1.807, 2.05) is 0 Å². The van der Waals surface area contributed by atoms with E-state index in [1.54, 1.807) is 12.0 Å². The molecule has 0 aliphatic heterocycles. The molecule has 0 amide bonds. The maximum atomic E-state index is 2.42. The van der Waals surface area contributed by atoms with Crippen LogP contribution < -0.4 is 3.27 Å². The predicted octanol–water partition coefficient (Wildman–Crippen LogP) is 4.63. The average molecular weight is 364 g/mol. The van der Waals surface area contributed by atoms with Crippen LogP contribution in [0.4, 0.5) is 0 Å². The van der Waals surface area contributed by atoms with Crippen LogP contribution >= 0.6 is 0 Å². The first-order valence-corrected chi connectivity index (χ1v) is 11.9. The number of fused-ring (bicyclic) bond motifs is 3. The van der Waals surface area contributed by atoms with Crippen molar-refractivity contribution in [2.45, 2.75) is 23.9 Å². The molecule has 1 heteroatoms. The zero-order chi connectivity index (χ0) is 15.1. The molecule has 2 aliphatic carbocycles. The maximum absolute atomic E-state index is 2.42. The van der Waals surface area contributed by atoms with Crippen molar-refractivity contribution in [1.82, 2.24) is 0 Å². The molecule has 0 saturated carbocycles. The van der Waals surface area contributed by atoms with Gasteiger partial charge in [-0.15, -0.1) is 0 Å². The Bertz CT molecular complexity index is 821. The van der Waals surface area contributed by atoms with Gasteiger partial charge in [-0.3, -0.25) is 0 Å². The van der Waals surface area contributed by atoms with Gasteiger partial charge in [0.2, 0.25) is 0 Å². The van der Waals surface area contributed by atoms with Crippen molar-refractivity contribution in [2.75, 3.05) is 0 Å². The molecule has 0 radical (unpaired) electrons. The van der Waals surface area contributed by atoms with Gasteiger partial charge >= 0.3 is 141 Å². The minimum absolute atomic E-state index is 0.697. The van der Waals surface area contributed by atoms with Crippen molar-refractivity contribution >= 4 is 6.48 Å². The van der Waals surface area contributed by atoms with Crippen LogP contribution in [0, 0.1) is 0 Å². The fraction of sp³-hybridized carbons (Fsp3) is 0.190. The molecular weight excluding hydrogens is 343 g/mol. The summed E-state index contributed by atoms with van der Waals surface area (Å²) in [5.41, 5.74) is 6.05. The van der Waals surface area contributed by atoms with Gasteiger partial charge in [0.05, 0.1) is 0 Å². The van der Waals surface area contributed by atoms with E-state index in [-0.39, 0.29) is 0 Å². The molecule has 2 aliphatic rings. The summed E-state index contributed by atoms with van der Waals surface area (Å²) in [5, 5.41) is 0. The van der Waals surface area contributed by atoms with Gasteiger partial charge in [0, 0.05) is 0 Å². The van der Waals surface area contributed by atoms with Gasteiger partial charge in [-0.05, 0) is 0 Å². The number of hydrogen-bond acceptors (Lipinski definition) is 0. The molecule has 4 rings (SSSR count). The molecule has 0 unspecified atom stereocenters. The van der Waals surface area contributed by atoms with Crippen molar-refractivity contribution < 1.29 is 21.3 Å². The van der Waals surface area contributed by atoms with E-state index < -0.39 is 21.3 Å². The van der Waals surface area contributed by atoms with Crippen molar-refractivity contribution in [3.63, 3.8) is 0 Å². The molecular formula is C21H20Zr. The third kappa shape index (κ3) is 2.27. The topological polar surface area (TPSA) is 0 Å². The van der Waals surface area contributed by atoms with E-state index in [0.29, 0.717) is 3.63 Å². The van der Waals surface area contributed by atoms with Gasteiger partial charge in [0.25, 0.3) is 0 Å². The van der Waals surface area contributed by atoms with E-state index in [4.69, 9.17) is 0 Å². The molecule has 0 aromatic heterocycles. The van der Waals surface area contributed by atoms with Crippen LogP contribution in [-0.4, -0.2) is 3.21 Å². The molecule has 22 heavy (non-hydrogen) atoms. The number of rotatable bonds is 2. The quantitative estimate of drug-likeness (QED) is 0.623. The van der Waals surface area contributed by atoms with Crippen LogP contribution in [0.15, 0.2) is 66.8 Å². The predicted molar refractivity (Wildman–Crippen MR) is 92.7 cm³/mol. The Morgan fingerprint density at radius 1 is 0.909 bits per heavy atom. The fourth-order valence-corrected chi connectivity index (χ4v) is 11.2. The van der Waals surface area contributed by atoms with Gasteiger partial charge < -0.3 is 0 Å². The van der Waals surface area contributed by atoms with E-state index in [0.717, 1.165) is 6.42 Å². The Labute approximate surface area is 140 Å². The third-order valence-corrected chi connectivity index (χ3v) is 12.6. The summed E-state index contributed by atoms with van der Waals surface area (Å²) in [4.78, 5) is 0. The molecule has 0 bridgehead atoms. The van der Waals surface area contributed by atoms with Crippen molar-refractivity contribution in [3.8, 4) is 11.1 Å². The van der Waals surface area contributed by atoms with Crippen LogP contribution in [0.25, 0.3) is 11.1 Å². The van der Waals surface area contributed by atoms with Gasteiger partial charge in [0.1, 0.15) is 0 Å². The van der Waals surface area contributed by atoms with Gasteiger partial charge in [-0.1, -0.05) is 0 Å². The Morgan fingerprint density at radius 3 is 2.41 bits per heavy atom. The molecule has 2 aromatic carbocycles. The van der Waals surface area contributed by atoms with Gasteiger partial charge in [-0.25, -0.2) is 0 Å². The van der Waals surface area contributed by atoms with Crippen molar-refractivity contribution in [2.24, 2.45) is 0 Å². The molecule has 2 aromatic rings. The summed E-state index contributed by atoms with van der Waals surface area (Å²) in [6.07, 6.45) is 10.4. The second kappa shape index (κ2) is 5.71. The second-order valence-corrected chi connectivity index (χ2v) is 13.8. The van der Waals surface area contributed by atoms with Crippen LogP contribution in [-0.2, 0) is 27.7 Å². The summed E-state index contributed by atoms with van der Waals surface area (Å²) in [6, 6.07) is 15.9. The SMILES string of the molecule is C[C](C)=[Zr]([c]1cccc2c1Cc1ccccc1-2)[CH]1C=CC=C1. The van der Waals surface area contributed by atoms with Gasteiger partial charge in [-0.2, -0.15) is 0 Å². The first kappa shape index (κ1) is 14.3. The van der Waals surface area contributed by atoms with Crippen LogP contribution in [0.3, 0.4) is 0 Å². The van der Waals surface area contributed by atoms with Crippen LogP contribution in [0.5, 0.6) is 0 Å². The zero-order valence-corrected chi connectivity index (χ0v) is 15.6. The van der Waals surface area contributed by atoms with Crippen molar-refractivity contribution in [1.29, 1.82) is 0 Å². The van der Waals surface area contributed by atoms with E-state index in [9.17, 15) is 0 Å². The number of hydrogen-bond donors (Lipinski definition) is 0. The fourth-order valence-electron chi connectivity index (χ4n) is 3.82. The Hall–Kier alpha value is -1.33. The molecule has 0 fully saturated rings. The summed E-state index contributed by atoms with van der Waals surface area (Å²) < 4.78 is 4.09. The standard InChI is InChI=1S/C13H9.C5H5.C3H6.Zr/c1-3-7-12-10(5-1)9-11-6-2-4-8-13(11)12;1-2-4-5-3-1;1-3-2;/h1-5,7-8H,9H2;1-5H;1-2H3;. The monoisotopic (exact) mass is 362 g/mol. The summed E-state index contributed by atoms with van der Waals surface area (Å²) in [6.45, 7) is 4.71. The van der Waals surface area contributed by atoms with Gasteiger partial charge in [0.15, 0.2) is 0 Å². The third-order valence-electron chi connectivity index (χ3n) is 4.76. The normalized spacial score (nSPS) is 15.0. The zero-order valence-electron chi connectivity index (χ0n) is 13.1. The Kier molecular flexibility index (Phi) is 3.70. The molecule has 0 atom stereocenters. The Balaban J connectivity index is 1.90. The average Bonchev–Trinajstić information content (AvgIpc) is 3.15. The number of benzene rings is 2. The molecule has 108 valence electrons. The first-order valence-electron chi connectivity index (χ1n) is 7.98. The minimum atomic E-state index is -1.83. The summed E-state index contributed by atoms with van der Waals surface area (Å²) in [5.74, 6) is 0. The molecule has 0 spiro atoms. The first-order chi connectivity index (χ1) is 10.8. The van der Waals surface area contributed by atoms with Crippen molar-refractivity contribution in [3.05, 3.63) is 77.9 Å².